The lowest BCUT2D eigenvalue weighted by molar-refractivity contribution is -0.121. The van der Waals surface area contributed by atoms with Crippen LogP contribution in [0.15, 0.2) is 18.2 Å². The zero-order valence-electron chi connectivity index (χ0n) is 12.2. The van der Waals surface area contributed by atoms with E-state index in [0.29, 0.717) is 35.5 Å². The Morgan fingerprint density at radius 3 is 3.14 bits per heavy atom. The smallest absolute Gasteiger partial charge is 0.238 e. The fourth-order valence-electron chi connectivity index (χ4n) is 3.27. The van der Waals surface area contributed by atoms with E-state index in [1.165, 1.54) is 6.42 Å². The highest BCUT2D eigenvalue weighted by Gasteiger charge is 2.36. The molecule has 0 aromatic heterocycles. The van der Waals surface area contributed by atoms with Crippen molar-refractivity contribution >= 4 is 23.2 Å². The molecule has 0 unspecified atom stereocenters. The van der Waals surface area contributed by atoms with Crippen molar-refractivity contribution in [3.05, 3.63) is 28.8 Å². The topological polar surface area (TPSA) is 65.4 Å². The Morgan fingerprint density at radius 1 is 1.50 bits per heavy atom. The van der Waals surface area contributed by atoms with Crippen LogP contribution in [0.3, 0.4) is 0 Å². The number of carbonyl (C=O) groups is 1. The van der Waals surface area contributed by atoms with E-state index < -0.39 is 0 Å². The van der Waals surface area contributed by atoms with E-state index in [1.54, 1.807) is 18.2 Å². The molecule has 1 amide bonds. The van der Waals surface area contributed by atoms with Crippen LogP contribution >= 0.6 is 11.6 Å². The summed E-state index contributed by atoms with van der Waals surface area (Å²) in [6.45, 7) is 1.85. The number of benzene rings is 1. The second kappa shape index (κ2) is 6.66. The molecule has 1 N–H and O–H groups in total. The van der Waals surface area contributed by atoms with Crippen molar-refractivity contribution in [3.8, 4) is 6.07 Å². The first-order valence-electron chi connectivity index (χ1n) is 7.52. The molecule has 5 nitrogen and oxygen atoms in total. The number of halogens is 1. The number of nitrogens with zero attached hydrogens (tertiary/aromatic N) is 2. The van der Waals surface area contributed by atoms with Gasteiger partial charge in [-0.2, -0.15) is 5.26 Å². The highest BCUT2D eigenvalue weighted by atomic mass is 35.5. The molecule has 1 saturated heterocycles. The third-order valence-corrected chi connectivity index (χ3v) is 4.63. The average molecular weight is 320 g/mol. The van der Waals surface area contributed by atoms with Gasteiger partial charge in [-0.15, -0.1) is 0 Å². The van der Waals surface area contributed by atoms with Crippen LogP contribution in [0.1, 0.15) is 24.8 Å². The van der Waals surface area contributed by atoms with Gasteiger partial charge in [0.15, 0.2) is 0 Å². The molecule has 2 fully saturated rings. The summed E-state index contributed by atoms with van der Waals surface area (Å²) >= 11 is 5.98. The van der Waals surface area contributed by atoms with Gasteiger partial charge in [-0.3, -0.25) is 9.69 Å². The van der Waals surface area contributed by atoms with Crippen molar-refractivity contribution in [2.24, 2.45) is 0 Å². The van der Waals surface area contributed by atoms with E-state index in [-0.39, 0.29) is 12.0 Å². The number of anilines is 1. The van der Waals surface area contributed by atoms with E-state index >= 15 is 0 Å². The van der Waals surface area contributed by atoms with Gasteiger partial charge in [-0.25, -0.2) is 0 Å². The van der Waals surface area contributed by atoms with Crippen molar-refractivity contribution in [1.82, 2.24) is 4.90 Å². The van der Waals surface area contributed by atoms with Gasteiger partial charge in [-0.1, -0.05) is 11.6 Å². The van der Waals surface area contributed by atoms with Crippen molar-refractivity contribution in [2.75, 3.05) is 25.0 Å². The molecule has 1 aromatic carbocycles. The molecule has 1 aliphatic heterocycles. The summed E-state index contributed by atoms with van der Waals surface area (Å²) in [5.74, 6) is -0.0617. The second-order valence-electron chi connectivity index (χ2n) is 5.73. The number of carbonyl (C=O) groups excluding carboxylic acids is 1. The summed E-state index contributed by atoms with van der Waals surface area (Å²) < 4.78 is 5.75. The quantitative estimate of drug-likeness (QED) is 0.929. The molecule has 1 aromatic rings. The summed E-state index contributed by atoms with van der Waals surface area (Å²) in [5.41, 5.74) is 1.02. The number of nitriles is 1. The van der Waals surface area contributed by atoms with Crippen LogP contribution in [-0.4, -0.2) is 42.6 Å². The Morgan fingerprint density at radius 2 is 2.36 bits per heavy atom. The summed E-state index contributed by atoms with van der Waals surface area (Å²) in [6.07, 6.45) is 3.64. The highest BCUT2D eigenvalue weighted by Crippen LogP contribution is 2.29. The minimum Gasteiger partial charge on any atom is -0.375 e. The lowest BCUT2D eigenvalue weighted by Crippen LogP contribution is -2.51. The fourth-order valence-corrected chi connectivity index (χ4v) is 3.49. The second-order valence-corrected chi connectivity index (χ2v) is 6.14. The van der Waals surface area contributed by atoms with Crippen LogP contribution in [0.4, 0.5) is 5.69 Å². The Bertz CT molecular complexity index is 614. The normalized spacial score (nSPS) is 24.5. The molecule has 0 spiro atoms. The molecule has 22 heavy (non-hydrogen) atoms. The number of nitrogens with one attached hydrogen (secondary N) is 1. The van der Waals surface area contributed by atoms with Crippen LogP contribution in [0.25, 0.3) is 0 Å². The minimum absolute atomic E-state index is 0.0617. The molecular formula is C16H18ClN3O2. The van der Waals surface area contributed by atoms with Gasteiger partial charge in [0.1, 0.15) is 6.07 Å². The number of hydrogen-bond donors (Lipinski definition) is 1. The van der Waals surface area contributed by atoms with Gasteiger partial charge in [-0.05, 0) is 37.5 Å². The number of fused-ring (bicyclic) bond motifs is 1. The predicted octanol–water partition coefficient (Wildman–Crippen LogP) is 2.40. The van der Waals surface area contributed by atoms with Crippen LogP contribution in [0.5, 0.6) is 0 Å². The molecular weight excluding hydrogens is 302 g/mol. The maximum absolute atomic E-state index is 12.2. The van der Waals surface area contributed by atoms with Gasteiger partial charge in [0.25, 0.3) is 0 Å². The van der Waals surface area contributed by atoms with Gasteiger partial charge in [0, 0.05) is 18.3 Å². The Kier molecular flexibility index (Phi) is 4.63. The van der Waals surface area contributed by atoms with Gasteiger partial charge < -0.3 is 10.1 Å². The molecule has 0 radical (unpaired) electrons. The van der Waals surface area contributed by atoms with E-state index in [2.05, 4.69) is 10.2 Å². The van der Waals surface area contributed by atoms with Crippen molar-refractivity contribution in [2.45, 2.75) is 31.4 Å². The summed E-state index contributed by atoms with van der Waals surface area (Å²) in [4.78, 5) is 14.4. The number of hydrogen-bond acceptors (Lipinski definition) is 4. The molecule has 3 rings (SSSR count). The first-order valence-corrected chi connectivity index (χ1v) is 7.90. The predicted molar refractivity (Wildman–Crippen MR) is 83.7 cm³/mol. The SMILES string of the molecule is N#Cc1ccc(NC(=O)CN2CCO[C@@H]3CCC[C@@H]32)cc1Cl. The number of amides is 1. The molecule has 116 valence electrons. The zero-order valence-corrected chi connectivity index (χ0v) is 13.0. The molecule has 2 atom stereocenters. The molecule has 2 aliphatic rings. The summed E-state index contributed by atoms with van der Waals surface area (Å²) in [7, 11) is 0. The van der Waals surface area contributed by atoms with E-state index in [9.17, 15) is 4.79 Å². The van der Waals surface area contributed by atoms with Crippen molar-refractivity contribution in [1.29, 1.82) is 5.26 Å². The third-order valence-electron chi connectivity index (χ3n) is 4.32. The van der Waals surface area contributed by atoms with Crippen molar-refractivity contribution in [3.63, 3.8) is 0 Å². The average Bonchev–Trinajstić information content (AvgIpc) is 2.97. The first-order chi connectivity index (χ1) is 10.7. The Hall–Kier alpha value is -1.61. The Balaban J connectivity index is 1.60. The standard InChI is InChI=1S/C16H18ClN3O2/c17-13-8-12(5-4-11(13)9-18)19-16(21)10-20-6-7-22-15-3-1-2-14(15)20/h4-5,8,14-15H,1-3,6-7,10H2,(H,19,21)/t14-,15+/m0/s1. The monoisotopic (exact) mass is 319 g/mol. The van der Waals surface area contributed by atoms with Gasteiger partial charge in [0.2, 0.25) is 5.91 Å². The highest BCUT2D eigenvalue weighted by molar-refractivity contribution is 6.32. The maximum atomic E-state index is 12.2. The van der Waals surface area contributed by atoms with Crippen LogP contribution in [0, 0.1) is 11.3 Å². The van der Waals surface area contributed by atoms with E-state index in [4.69, 9.17) is 21.6 Å². The summed E-state index contributed by atoms with van der Waals surface area (Å²) in [5, 5.41) is 12.0. The number of rotatable bonds is 3. The molecule has 6 heteroatoms. The zero-order chi connectivity index (χ0) is 15.5. The minimum atomic E-state index is -0.0617. The van der Waals surface area contributed by atoms with Crippen LogP contribution < -0.4 is 5.32 Å². The fraction of sp³-hybridized carbons (Fsp3) is 0.500. The van der Waals surface area contributed by atoms with Gasteiger partial charge in [0.05, 0.1) is 29.8 Å². The van der Waals surface area contributed by atoms with Crippen LogP contribution in [0.2, 0.25) is 5.02 Å². The molecule has 1 aliphatic carbocycles. The molecule has 1 heterocycles. The van der Waals surface area contributed by atoms with E-state index in [1.807, 2.05) is 6.07 Å². The summed E-state index contributed by atoms with van der Waals surface area (Å²) in [6, 6.07) is 7.28. The first kappa shape index (κ1) is 15.3. The Labute approximate surface area is 134 Å². The van der Waals surface area contributed by atoms with Gasteiger partial charge >= 0.3 is 0 Å². The molecule has 0 bridgehead atoms. The third kappa shape index (κ3) is 3.25. The lowest BCUT2D eigenvalue weighted by atomic mass is 10.1. The number of morpholine rings is 1. The maximum Gasteiger partial charge on any atom is 0.238 e. The van der Waals surface area contributed by atoms with Crippen molar-refractivity contribution < 1.29 is 9.53 Å². The molecule has 1 saturated carbocycles. The largest absolute Gasteiger partial charge is 0.375 e. The lowest BCUT2D eigenvalue weighted by Gasteiger charge is -2.37. The number of ether oxygens (including phenoxy) is 1. The van der Waals surface area contributed by atoms with E-state index in [0.717, 1.165) is 19.4 Å². The van der Waals surface area contributed by atoms with Crippen LogP contribution in [-0.2, 0) is 9.53 Å².